The molecular formula is C18H19N3O2S. The molecule has 0 radical (unpaired) electrons. The lowest BCUT2D eigenvalue weighted by atomic mass is 10.1. The fraction of sp³-hybridized carbons (Fsp3) is 0.278. The number of ether oxygens (including phenoxy) is 1. The van der Waals surface area contributed by atoms with E-state index < -0.39 is 0 Å². The van der Waals surface area contributed by atoms with Crippen LogP contribution in [0.15, 0.2) is 24.5 Å². The second-order valence-corrected chi connectivity index (χ2v) is 6.62. The number of aryl methyl sites for hydroxylation is 3. The Labute approximate surface area is 144 Å². The molecule has 3 aromatic rings. The van der Waals surface area contributed by atoms with Crippen molar-refractivity contribution in [3.63, 3.8) is 0 Å². The SMILES string of the molecule is CCOc1ncnc2sc(C(=O)Nc3ccc(C)cc3C)c(C)c12. The van der Waals surface area contributed by atoms with Crippen molar-refractivity contribution in [2.45, 2.75) is 27.7 Å². The second kappa shape index (κ2) is 6.57. The van der Waals surface area contributed by atoms with Gasteiger partial charge in [-0.2, -0.15) is 0 Å². The minimum absolute atomic E-state index is 0.134. The van der Waals surface area contributed by atoms with E-state index in [0.29, 0.717) is 17.4 Å². The smallest absolute Gasteiger partial charge is 0.266 e. The van der Waals surface area contributed by atoms with Gasteiger partial charge in [0.1, 0.15) is 11.2 Å². The van der Waals surface area contributed by atoms with Gasteiger partial charge in [0.05, 0.1) is 16.9 Å². The molecule has 0 unspecified atom stereocenters. The Bertz CT molecular complexity index is 918. The highest BCUT2D eigenvalue weighted by molar-refractivity contribution is 7.20. The summed E-state index contributed by atoms with van der Waals surface area (Å²) in [5.74, 6) is 0.395. The van der Waals surface area contributed by atoms with E-state index in [0.717, 1.165) is 27.0 Å². The molecule has 0 saturated heterocycles. The van der Waals surface area contributed by atoms with E-state index in [1.807, 2.05) is 45.9 Å². The maximum atomic E-state index is 12.7. The molecule has 0 aliphatic heterocycles. The Morgan fingerprint density at radius 2 is 2.04 bits per heavy atom. The quantitative estimate of drug-likeness (QED) is 0.770. The molecule has 3 rings (SSSR count). The zero-order valence-corrected chi connectivity index (χ0v) is 15.0. The number of nitrogens with zero attached hydrogens (tertiary/aromatic N) is 2. The molecule has 1 N–H and O–H groups in total. The molecule has 0 bridgehead atoms. The number of hydrogen-bond donors (Lipinski definition) is 1. The highest BCUT2D eigenvalue weighted by Gasteiger charge is 2.20. The first kappa shape index (κ1) is 16.4. The van der Waals surface area contributed by atoms with E-state index in [1.54, 1.807) is 0 Å². The third-order valence-corrected chi connectivity index (χ3v) is 5.01. The average molecular weight is 341 g/mol. The van der Waals surface area contributed by atoms with Gasteiger partial charge >= 0.3 is 0 Å². The molecule has 124 valence electrons. The minimum Gasteiger partial charge on any atom is -0.477 e. The van der Waals surface area contributed by atoms with Crippen molar-refractivity contribution in [1.82, 2.24) is 9.97 Å². The number of anilines is 1. The van der Waals surface area contributed by atoms with Crippen molar-refractivity contribution in [2.75, 3.05) is 11.9 Å². The summed E-state index contributed by atoms with van der Waals surface area (Å²) in [5.41, 5.74) is 3.87. The summed E-state index contributed by atoms with van der Waals surface area (Å²) in [5, 5.41) is 3.80. The maximum absolute atomic E-state index is 12.7. The van der Waals surface area contributed by atoms with Crippen molar-refractivity contribution < 1.29 is 9.53 Å². The molecule has 0 aliphatic carbocycles. The first-order chi connectivity index (χ1) is 11.5. The number of carbonyl (C=O) groups excluding carboxylic acids is 1. The van der Waals surface area contributed by atoms with Crippen LogP contribution in [0.5, 0.6) is 5.88 Å². The van der Waals surface area contributed by atoms with Gasteiger partial charge < -0.3 is 10.1 Å². The molecule has 2 heterocycles. The molecule has 1 aromatic carbocycles. The average Bonchev–Trinajstić information content (AvgIpc) is 2.88. The molecule has 0 saturated carbocycles. The van der Waals surface area contributed by atoms with Gasteiger partial charge in [-0.1, -0.05) is 17.7 Å². The summed E-state index contributed by atoms with van der Waals surface area (Å²) in [4.78, 5) is 22.6. The summed E-state index contributed by atoms with van der Waals surface area (Å²) in [6, 6.07) is 5.96. The van der Waals surface area contributed by atoms with Crippen LogP contribution in [0.25, 0.3) is 10.2 Å². The number of hydrogen-bond acceptors (Lipinski definition) is 5. The van der Waals surface area contributed by atoms with Gasteiger partial charge in [-0.3, -0.25) is 4.79 Å². The van der Waals surface area contributed by atoms with Crippen LogP contribution in [0.1, 0.15) is 33.3 Å². The number of benzene rings is 1. The van der Waals surface area contributed by atoms with Crippen LogP contribution in [0.2, 0.25) is 0 Å². The van der Waals surface area contributed by atoms with E-state index in [9.17, 15) is 4.79 Å². The lowest BCUT2D eigenvalue weighted by Crippen LogP contribution is -2.12. The zero-order chi connectivity index (χ0) is 17.3. The highest BCUT2D eigenvalue weighted by Crippen LogP contribution is 2.34. The molecule has 0 spiro atoms. The molecule has 1 amide bonds. The topological polar surface area (TPSA) is 64.1 Å². The van der Waals surface area contributed by atoms with Crippen LogP contribution in [0, 0.1) is 20.8 Å². The Morgan fingerprint density at radius 1 is 1.25 bits per heavy atom. The molecule has 6 heteroatoms. The Morgan fingerprint density at radius 3 is 2.75 bits per heavy atom. The fourth-order valence-corrected chi connectivity index (χ4v) is 3.67. The summed E-state index contributed by atoms with van der Waals surface area (Å²) in [7, 11) is 0. The largest absolute Gasteiger partial charge is 0.477 e. The highest BCUT2D eigenvalue weighted by atomic mass is 32.1. The number of aromatic nitrogens is 2. The molecule has 5 nitrogen and oxygen atoms in total. The zero-order valence-electron chi connectivity index (χ0n) is 14.1. The minimum atomic E-state index is -0.134. The van der Waals surface area contributed by atoms with E-state index in [1.165, 1.54) is 23.2 Å². The van der Waals surface area contributed by atoms with Crippen molar-refractivity contribution in [1.29, 1.82) is 0 Å². The third kappa shape index (κ3) is 2.97. The van der Waals surface area contributed by atoms with Crippen molar-refractivity contribution >= 4 is 33.1 Å². The second-order valence-electron chi connectivity index (χ2n) is 5.62. The van der Waals surface area contributed by atoms with Gasteiger partial charge in [0.15, 0.2) is 0 Å². The number of rotatable bonds is 4. The first-order valence-corrected chi connectivity index (χ1v) is 8.58. The summed E-state index contributed by atoms with van der Waals surface area (Å²) >= 11 is 1.36. The molecule has 2 aromatic heterocycles. The van der Waals surface area contributed by atoms with E-state index in [2.05, 4.69) is 15.3 Å². The number of carbonyl (C=O) groups is 1. The van der Waals surface area contributed by atoms with Gasteiger partial charge in [-0.05, 0) is 44.9 Å². The van der Waals surface area contributed by atoms with Crippen LogP contribution >= 0.6 is 11.3 Å². The van der Waals surface area contributed by atoms with Gasteiger partial charge in [0, 0.05) is 5.69 Å². The van der Waals surface area contributed by atoms with Crippen LogP contribution in [0.4, 0.5) is 5.69 Å². The Hall–Kier alpha value is -2.47. The third-order valence-electron chi connectivity index (χ3n) is 3.81. The number of thiophene rings is 1. The predicted octanol–water partition coefficient (Wildman–Crippen LogP) is 4.27. The maximum Gasteiger partial charge on any atom is 0.266 e. The van der Waals surface area contributed by atoms with Gasteiger partial charge in [-0.25, -0.2) is 9.97 Å². The van der Waals surface area contributed by atoms with Gasteiger partial charge in [0.2, 0.25) is 5.88 Å². The summed E-state index contributed by atoms with van der Waals surface area (Å²) in [6.45, 7) is 8.35. The fourth-order valence-electron chi connectivity index (χ4n) is 2.63. The van der Waals surface area contributed by atoms with Crippen LogP contribution < -0.4 is 10.1 Å². The van der Waals surface area contributed by atoms with Crippen molar-refractivity contribution in [2.24, 2.45) is 0 Å². The number of nitrogens with one attached hydrogen (secondary N) is 1. The van der Waals surface area contributed by atoms with E-state index >= 15 is 0 Å². The first-order valence-electron chi connectivity index (χ1n) is 7.76. The summed E-state index contributed by atoms with van der Waals surface area (Å²) < 4.78 is 5.57. The molecule has 0 fully saturated rings. The summed E-state index contributed by atoms with van der Waals surface area (Å²) in [6.07, 6.45) is 1.47. The van der Waals surface area contributed by atoms with Crippen LogP contribution in [-0.4, -0.2) is 22.5 Å². The Balaban J connectivity index is 1.98. The van der Waals surface area contributed by atoms with E-state index in [4.69, 9.17) is 4.74 Å². The van der Waals surface area contributed by atoms with Crippen LogP contribution in [-0.2, 0) is 0 Å². The van der Waals surface area contributed by atoms with Crippen LogP contribution in [0.3, 0.4) is 0 Å². The van der Waals surface area contributed by atoms with Gasteiger partial charge in [0.25, 0.3) is 5.91 Å². The number of amides is 1. The molecule has 24 heavy (non-hydrogen) atoms. The lowest BCUT2D eigenvalue weighted by molar-refractivity contribution is 0.103. The van der Waals surface area contributed by atoms with E-state index in [-0.39, 0.29) is 5.91 Å². The standard InChI is InChI=1S/C18H19N3O2S/c1-5-23-17-14-12(4)15(24-18(14)20-9-19-17)16(22)21-13-7-6-10(2)8-11(13)3/h6-9H,5H2,1-4H3,(H,21,22). The molecule has 0 aliphatic rings. The van der Waals surface area contributed by atoms with Gasteiger partial charge in [-0.15, -0.1) is 11.3 Å². The molecule has 0 atom stereocenters. The Kier molecular flexibility index (Phi) is 4.49. The number of fused-ring (bicyclic) bond motifs is 1. The normalized spacial score (nSPS) is 10.8. The molecular weight excluding hydrogens is 322 g/mol. The monoisotopic (exact) mass is 341 g/mol. The van der Waals surface area contributed by atoms with Crippen molar-refractivity contribution in [3.05, 3.63) is 46.1 Å². The predicted molar refractivity (Wildman–Crippen MR) is 97.2 cm³/mol. The lowest BCUT2D eigenvalue weighted by Gasteiger charge is -2.08. The van der Waals surface area contributed by atoms with Crippen molar-refractivity contribution in [3.8, 4) is 5.88 Å².